The topological polar surface area (TPSA) is 25.4 Å². The largest absolute Gasteiger partial charge is 0.487 e. The quantitative estimate of drug-likeness (QED) is 0.261. The summed E-state index contributed by atoms with van der Waals surface area (Å²) in [4.78, 5) is 7.24. The normalized spacial score (nSPS) is 14.9. The lowest BCUT2D eigenvalue weighted by Crippen LogP contribution is -2.33. The maximum absolute atomic E-state index is 6.09. The van der Waals surface area contributed by atoms with Crippen LogP contribution in [0, 0.1) is 0 Å². The highest BCUT2D eigenvalue weighted by atomic mass is 35.5. The summed E-state index contributed by atoms with van der Waals surface area (Å²) < 4.78 is 6.05. The molecule has 172 valence electrons. The number of ether oxygens (including phenoxy) is 1. The molecule has 2 heterocycles. The number of hydrogen-bond acceptors (Lipinski definition) is 4. The smallest absolute Gasteiger partial charge is 0.130 e. The summed E-state index contributed by atoms with van der Waals surface area (Å²) in [6, 6.07) is 28.7. The maximum Gasteiger partial charge on any atom is 0.130 e. The number of thioether (sulfide) groups is 1. The van der Waals surface area contributed by atoms with E-state index >= 15 is 0 Å². The van der Waals surface area contributed by atoms with Gasteiger partial charge < -0.3 is 4.74 Å². The van der Waals surface area contributed by atoms with E-state index in [0.717, 1.165) is 52.6 Å². The molecule has 0 atom stereocenters. The first-order valence-corrected chi connectivity index (χ1v) is 13.1. The van der Waals surface area contributed by atoms with Crippen LogP contribution in [0.2, 0.25) is 5.02 Å². The number of benzene rings is 3. The molecule has 0 aliphatic carbocycles. The van der Waals surface area contributed by atoms with Crippen molar-refractivity contribution in [2.24, 2.45) is 0 Å². The zero-order valence-electron chi connectivity index (χ0n) is 19.0. The van der Waals surface area contributed by atoms with Crippen molar-refractivity contribution in [1.29, 1.82) is 0 Å². The molecule has 3 nitrogen and oxygen atoms in total. The van der Waals surface area contributed by atoms with Crippen molar-refractivity contribution in [2.75, 3.05) is 31.1 Å². The van der Waals surface area contributed by atoms with Crippen LogP contribution >= 0.6 is 23.4 Å². The summed E-state index contributed by atoms with van der Waals surface area (Å²) in [7, 11) is 0. The second-order valence-corrected chi connectivity index (χ2v) is 10.1. The molecule has 1 aromatic heterocycles. The van der Waals surface area contributed by atoms with E-state index in [-0.39, 0.29) is 0 Å². The molecule has 5 heteroatoms. The number of halogens is 1. The van der Waals surface area contributed by atoms with Crippen LogP contribution in [0.3, 0.4) is 0 Å². The number of aromatic nitrogens is 1. The van der Waals surface area contributed by atoms with E-state index in [0.29, 0.717) is 6.61 Å². The van der Waals surface area contributed by atoms with E-state index in [4.69, 9.17) is 21.3 Å². The van der Waals surface area contributed by atoms with Crippen LogP contribution in [-0.4, -0.2) is 41.0 Å². The summed E-state index contributed by atoms with van der Waals surface area (Å²) in [6.45, 7) is 3.64. The molecule has 0 N–H and O–H groups in total. The van der Waals surface area contributed by atoms with Gasteiger partial charge in [-0.05, 0) is 59.2 Å². The Labute approximate surface area is 210 Å². The molecule has 1 aliphatic heterocycles. The van der Waals surface area contributed by atoms with Gasteiger partial charge in [0.15, 0.2) is 0 Å². The molecule has 0 amide bonds. The van der Waals surface area contributed by atoms with Gasteiger partial charge in [0, 0.05) is 41.5 Å². The van der Waals surface area contributed by atoms with Gasteiger partial charge in [-0.2, -0.15) is 11.8 Å². The van der Waals surface area contributed by atoms with Crippen LogP contribution in [0.5, 0.6) is 5.75 Å². The van der Waals surface area contributed by atoms with E-state index in [2.05, 4.69) is 59.5 Å². The van der Waals surface area contributed by atoms with Gasteiger partial charge in [0.05, 0.1) is 11.2 Å². The minimum Gasteiger partial charge on any atom is -0.487 e. The fourth-order valence-corrected chi connectivity index (χ4v) is 5.20. The van der Waals surface area contributed by atoms with Crippen LogP contribution in [0.4, 0.5) is 0 Å². The molecular weight excluding hydrogens is 460 g/mol. The number of nitrogens with zero attached hydrogens (tertiary/aromatic N) is 2. The fourth-order valence-electron chi connectivity index (χ4n) is 4.09. The van der Waals surface area contributed by atoms with Crippen LogP contribution in [0.25, 0.3) is 22.6 Å². The Morgan fingerprint density at radius 1 is 0.912 bits per heavy atom. The van der Waals surface area contributed by atoms with Gasteiger partial charge in [0.2, 0.25) is 0 Å². The molecular formula is C29H27ClN2OS. The number of rotatable bonds is 7. The molecule has 0 radical (unpaired) electrons. The number of fused-ring (bicyclic) bond motifs is 1. The van der Waals surface area contributed by atoms with Gasteiger partial charge in [0.1, 0.15) is 12.4 Å². The maximum atomic E-state index is 6.09. The molecule has 0 bridgehead atoms. The molecule has 0 spiro atoms. The van der Waals surface area contributed by atoms with Gasteiger partial charge in [-0.25, -0.2) is 4.98 Å². The zero-order chi connectivity index (χ0) is 23.2. The van der Waals surface area contributed by atoms with Crippen molar-refractivity contribution < 1.29 is 4.74 Å². The van der Waals surface area contributed by atoms with Crippen molar-refractivity contribution in [2.45, 2.75) is 6.61 Å². The third-order valence-corrected chi connectivity index (χ3v) is 7.17. The number of pyridine rings is 1. The first-order valence-electron chi connectivity index (χ1n) is 11.6. The average Bonchev–Trinajstić information content (AvgIpc) is 2.89. The second kappa shape index (κ2) is 11.1. The van der Waals surface area contributed by atoms with Crippen LogP contribution < -0.4 is 4.74 Å². The minimum atomic E-state index is 0.448. The standard InChI is InChI=1S/C29H27ClN2OS/c30-26-10-5-22(6-11-26)19-25(20-32-15-17-34-18-16-32)23-8-13-28(14-9-23)33-21-27-12-7-24-3-1-2-4-29(24)31-27/h1-14,19H,15-18,20-21H2. The Morgan fingerprint density at radius 2 is 1.68 bits per heavy atom. The SMILES string of the molecule is Clc1ccc(C=C(CN2CCSCC2)c2ccc(OCc3ccc4ccccc4n3)cc2)cc1. The second-order valence-electron chi connectivity index (χ2n) is 8.42. The molecule has 0 saturated carbocycles. The third-order valence-electron chi connectivity index (χ3n) is 5.98. The summed E-state index contributed by atoms with van der Waals surface area (Å²) >= 11 is 8.13. The summed E-state index contributed by atoms with van der Waals surface area (Å²) in [5, 5.41) is 1.90. The van der Waals surface area contributed by atoms with E-state index in [9.17, 15) is 0 Å². The third kappa shape index (κ3) is 6.01. The molecule has 0 unspecified atom stereocenters. The minimum absolute atomic E-state index is 0.448. The number of para-hydroxylation sites is 1. The van der Waals surface area contributed by atoms with Crippen molar-refractivity contribution in [1.82, 2.24) is 9.88 Å². The van der Waals surface area contributed by atoms with E-state index < -0.39 is 0 Å². The Balaban J connectivity index is 1.31. The molecule has 4 aromatic rings. The highest BCUT2D eigenvalue weighted by molar-refractivity contribution is 7.99. The Bertz CT molecular complexity index is 1270. The Hall–Kier alpha value is -2.79. The van der Waals surface area contributed by atoms with Crippen molar-refractivity contribution in [3.8, 4) is 5.75 Å². The average molecular weight is 487 g/mol. The molecule has 1 saturated heterocycles. The van der Waals surface area contributed by atoms with Gasteiger partial charge in [0.25, 0.3) is 0 Å². The van der Waals surface area contributed by atoms with E-state index in [1.54, 1.807) is 0 Å². The first-order chi connectivity index (χ1) is 16.7. The predicted molar refractivity (Wildman–Crippen MR) is 146 cm³/mol. The summed E-state index contributed by atoms with van der Waals surface area (Å²) in [5.74, 6) is 3.24. The Morgan fingerprint density at radius 3 is 2.47 bits per heavy atom. The predicted octanol–water partition coefficient (Wildman–Crippen LogP) is 7.06. The Kier molecular flexibility index (Phi) is 7.49. The van der Waals surface area contributed by atoms with Crippen LogP contribution in [0.15, 0.2) is 84.9 Å². The first kappa shape index (κ1) is 23.0. The van der Waals surface area contributed by atoms with Gasteiger partial charge in [-0.3, -0.25) is 4.90 Å². The summed E-state index contributed by atoms with van der Waals surface area (Å²) in [5.41, 5.74) is 5.59. The molecule has 34 heavy (non-hydrogen) atoms. The monoisotopic (exact) mass is 486 g/mol. The van der Waals surface area contributed by atoms with E-state index in [1.807, 2.05) is 48.2 Å². The van der Waals surface area contributed by atoms with E-state index in [1.165, 1.54) is 22.6 Å². The van der Waals surface area contributed by atoms with Gasteiger partial charge >= 0.3 is 0 Å². The van der Waals surface area contributed by atoms with Gasteiger partial charge in [-0.1, -0.05) is 60.1 Å². The fraction of sp³-hybridized carbons (Fsp3) is 0.207. The van der Waals surface area contributed by atoms with Crippen molar-refractivity contribution >= 4 is 45.9 Å². The lowest BCUT2D eigenvalue weighted by Gasteiger charge is -2.27. The zero-order valence-corrected chi connectivity index (χ0v) is 20.6. The highest BCUT2D eigenvalue weighted by Crippen LogP contribution is 2.25. The highest BCUT2D eigenvalue weighted by Gasteiger charge is 2.14. The van der Waals surface area contributed by atoms with Crippen LogP contribution in [-0.2, 0) is 6.61 Å². The molecule has 5 rings (SSSR count). The lowest BCUT2D eigenvalue weighted by molar-refractivity contribution is 0.302. The summed E-state index contributed by atoms with van der Waals surface area (Å²) in [6.07, 6.45) is 2.27. The molecule has 3 aromatic carbocycles. The number of hydrogen-bond donors (Lipinski definition) is 0. The van der Waals surface area contributed by atoms with Gasteiger partial charge in [-0.15, -0.1) is 0 Å². The van der Waals surface area contributed by atoms with Crippen LogP contribution in [0.1, 0.15) is 16.8 Å². The van der Waals surface area contributed by atoms with Crippen molar-refractivity contribution in [3.05, 3.63) is 107 Å². The van der Waals surface area contributed by atoms with Crippen molar-refractivity contribution in [3.63, 3.8) is 0 Å². The lowest BCUT2D eigenvalue weighted by atomic mass is 10.0. The molecule has 1 fully saturated rings. The molecule has 1 aliphatic rings.